The van der Waals surface area contributed by atoms with Crippen LogP contribution in [-0.4, -0.2) is 92.9 Å². The van der Waals surface area contributed by atoms with Crippen molar-refractivity contribution in [3.8, 4) is 11.5 Å². The van der Waals surface area contributed by atoms with Crippen LogP contribution in [0.1, 0.15) is 0 Å². The third-order valence-corrected chi connectivity index (χ3v) is 8.28. The van der Waals surface area contributed by atoms with Gasteiger partial charge in [0.1, 0.15) is 11.8 Å². The molecule has 11 nitrogen and oxygen atoms in total. The van der Waals surface area contributed by atoms with Crippen LogP contribution < -0.4 is 10.6 Å². The molecule has 2 fully saturated rings. The molecule has 0 saturated carbocycles. The summed E-state index contributed by atoms with van der Waals surface area (Å²) in [6.45, 7) is 1.42. The Balaban J connectivity index is 1.54. The molecule has 2 aliphatic rings. The lowest BCUT2D eigenvalue weighted by atomic mass is 10.2. The first-order chi connectivity index (χ1) is 18.1. The van der Waals surface area contributed by atoms with E-state index >= 15 is 0 Å². The summed E-state index contributed by atoms with van der Waals surface area (Å²) < 4.78 is 67.6. The van der Waals surface area contributed by atoms with Crippen molar-refractivity contribution in [1.29, 1.82) is 0 Å². The molecule has 2 N–H and O–H groups in total. The van der Waals surface area contributed by atoms with Crippen molar-refractivity contribution in [2.75, 3.05) is 52.5 Å². The molecular formula is C23H25ClF2N4O7S. The van der Waals surface area contributed by atoms with Gasteiger partial charge < -0.3 is 19.2 Å². The van der Waals surface area contributed by atoms with Crippen molar-refractivity contribution in [3.05, 3.63) is 53.1 Å². The minimum Gasteiger partial charge on any atom is -0.451 e. The Morgan fingerprint density at radius 1 is 1.05 bits per heavy atom. The van der Waals surface area contributed by atoms with Crippen LogP contribution in [0.2, 0.25) is 5.02 Å². The highest BCUT2D eigenvalue weighted by Crippen LogP contribution is 2.32. The van der Waals surface area contributed by atoms with Crippen molar-refractivity contribution >= 4 is 33.5 Å². The highest BCUT2D eigenvalue weighted by molar-refractivity contribution is 7.89. The van der Waals surface area contributed by atoms with E-state index in [9.17, 15) is 26.8 Å². The molecular weight excluding hydrogens is 550 g/mol. The molecule has 0 spiro atoms. The van der Waals surface area contributed by atoms with E-state index in [1.807, 2.05) is 4.90 Å². The number of rotatable bonds is 7. The molecule has 38 heavy (non-hydrogen) atoms. The monoisotopic (exact) mass is 574 g/mol. The van der Waals surface area contributed by atoms with Crippen LogP contribution >= 0.6 is 11.6 Å². The fourth-order valence-electron chi connectivity index (χ4n) is 4.14. The summed E-state index contributed by atoms with van der Waals surface area (Å²) in [7, 11) is -4.62. The lowest BCUT2D eigenvalue weighted by Gasteiger charge is -2.39. The number of halogens is 3. The fraction of sp³-hybridized carbons (Fsp3) is 0.391. The summed E-state index contributed by atoms with van der Waals surface area (Å²) in [5, 5.41) is 0.383. The molecule has 2 saturated heterocycles. The third kappa shape index (κ3) is 6.22. The molecule has 206 valence electrons. The number of carbonyl (C=O) groups is 2. The highest BCUT2D eigenvalue weighted by atomic mass is 35.5. The highest BCUT2D eigenvalue weighted by Gasteiger charge is 2.43. The largest absolute Gasteiger partial charge is 0.451 e. The Kier molecular flexibility index (Phi) is 8.80. The summed E-state index contributed by atoms with van der Waals surface area (Å²) in [4.78, 5) is 32.0. The summed E-state index contributed by atoms with van der Waals surface area (Å²) >= 11 is 5.79. The minimum absolute atomic E-state index is 0.0561. The van der Waals surface area contributed by atoms with Crippen molar-refractivity contribution in [1.82, 2.24) is 14.1 Å². The molecule has 0 bridgehead atoms. The number of nitrogens with zero attached hydrogens (tertiary/aromatic N) is 3. The van der Waals surface area contributed by atoms with Crippen LogP contribution in [0.5, 0.6) is 11.5 Å². The quantitative estimate of drug-likeness (QED) is 0.487. The first-order valence-corrected chi connectivity index (χ1v) is 13.3. The number of hydrogen-bond acceptors (Lipinski definition) is 9. The second kappa shape index (κ2) is 11.9. The van der Waals surface area contributed by atoms with E-state index < -0.39 is 44.3 Å². The number of piperazine rings is 1. The zero-order valence-electron chi connectivity index (χ0n) is 20.0. The molecule has 1 amide bonds. The first-order valence-electron chi connectivity index (χ1n) is 11.5. The van der Waals surface area contributed by atoms with Gasteiger partial charge in [0.15, 0.2) is 17.4 Å². The number of benzene rings is 2. The third-order valence-electron chi connectivity index (χ3n) is 6.15. The molecule has 0 radical (unpaired) electrons. The molecule has 0 aromatic heterocycles. The topological polar surface area (TPSA) is 132 Å². The molecule has 4 rings (SSSR count). The maximum absolute atomic E-state index is 14.8. The van der Waals surface area contributed by atoms with E-state index in [2.05, 4.69) is 4.84 Å². The van der Waals surface area contributed by atoms with E-state index in [1.165, 1.54) is 29.2 Å². The van der Waals surface area contributed by atoms with Gasteiger partial charge in [-0.3, -0.25) is 9.69 Å². The van der Waals surface area contributed by atoms with Crippen LogP contribution in [0.3, 0.4) is 0 Å². The molecule has 15 heteroatoms. The van der Waals surface area contributed by atoms with Gasteiger partial charge >= 0.3 is 5.97 Å². The maximum atomic E-state index is 14.8. The summed E-state index contributed by atoms with van der Waals surface area (Å²) in [5.41, 5.74) is 0. The molecule has 0 unspecified atom stereocenters. The van der Waals surface area contributed by atoms with Crippen LogP contribution in [0.25, 0.3) is 0 Å². The molecule has 0 aliphatic carbocycles. The van der Waals surface area contributed by atoms with Gasteiger partial charge in [-0.25, -0.2) is 22.0 Å². The summed E-state index contributed by atoms with van der Waals surface area (Å²) in [6, 6.07) is 5.32. The number of sulfonamides is 1. The van der Waals surface area contributed by atoms with E-state index in [0.717, 1.165) is 0 Å². The second-order valence-electron chi connectivity index (χ2n) is 8.57. The van der Waals surface area contributed by atoms with Crippen molar-refractivity contribution in [2.45, 2.75) is 10.9 Å². The summed E-state index contributed by atoms with van der Waals surface area (Å²) in [5.74, 6) is 0.279. The van der Waals surface area contributed by atoms with Crippen LogP contribution in [0, 0.1) is 11.6 Å². The van der Waals surface area contributed by atoms with Gasteiger partial charge in [-0.05, 0) is 36.4 Å². The zero-order chi connectivity index (χ0) is 27.4. The van der Waals surface area contributed by atoms with Crippen LogP contribution in [0.15, 0.2) is 41.3 Å². The van der Waals surface area contributed by atoms with Crippen LogP contribution in [0.4, 0.5) is 8.78 Å². The first kappa shape index (κ1) is 28.1. The second-order valence-corrected chi connectivity index (χ2v) is 10.9. The van der Waals surface area contributed by atoms with E-state index in [0.29, 0.717) is 47.8 Å². The number of morpholine rings is 1. The Hall–Kier alpha value is -2.88. The number of amides is 1. The van der Waals surface area contributed by atoms with Gasteiger partial charge in [0.05, 0.1) is 24.7 Å². The predicted octanol–water partition coefficient (Wildman–Crippen LogP) is 1.36. The lowest BCUT2D eigenvalue weighted by Crippen LogP contribution is -2.61. The Bertz CT molecular complexity index is 1270. The standard InChI is InChI=1S/C23H25ClF2N4O7S/c24-15-1-3-16(4-2-15)36-22-18(25)11-17(12-19(22)26)38(33,34)30-6-5-29(13-20(30)23(32)37-27)21(31)14-28-7-9-35-10-8-28/h1-4,11-12,20H,5-10,13-14,27H2/t20-/m1/s1. The van der Waals surface area contributed by atoms with Gasteiger partial charge in [0.2, 0.25) is 15.9 Å². The smallest absolute Gasteiger partial charge is 0.344 e. The molecule has 2 aromatic carbocycles. The van der Waals surface area contributed by atoms with Gasteiger partial charge in [-0.1, -0.05) is 11.6 Å². The summed E-state index contributed by atoms with van der Waals surface area (Å²) in [6.07, 6.45) is 0. The average Bonchev–Trinajstić information content (AvgIpc) is 2.91. The number of carbonyl (C=O) groups excluding carboxylic acids is 2. The molecule has 2 aromatic rings. The zero-order valence-corrected chi connectivity index (χ0v) is 21.6. The lowest BCUT2D eigenvalue weighted by molar-refractivity contribution is -0.152. The number of ether oxygens (including phenoxy) is 2. The van der Waals surface area contributed by atoms with Crippen molar-refractivity contribution in [3.63, 3.8) is 0 Å². The molecule has 2 aliphatic heterocycles. The average molecular weight is 575 g/mol. The normalized spacial score (nSPS) is 19.3. The van der Waals surface area contributed by atoms with Crippen molar-refractivity contribution in [2.24, 2.45) is 5.90 Å². The van der Waals surface area contributed by atoms with Gasteiger partial charge in [0, 0.05) is 37.7 Å². The van der Waals surface area contributed by atoms with Gasteiger partial charge in [-0.2, -0.15) is 10.2 Å². The Morgan fingerprint density at radius 3 is 2.29 bits per heavy atom. The maximum Gasteiger partial charge on any atom is 0.344 e. The predicted molar refractivity (Wildman–Crippen MR) is 130 cm³/mol. The SMILES string of the molecule is NOC(=O)[C@H]1CN(C(=O)CN2CCOCC2)CCN1S(=O)(=O)c1cc(F)c(Oc2ccc(Cl)cc2)c(F)c1. The van der Waals surface area contributed by atoms with E-state index in [1.54, 1.807) is 0 Å². The van der Waals surface area contributed by atoms with E-state index in [-0.39, 0.29) is 37.8 Å². The Morgan fingerprint density at radius 2 is 1.68 bits per heavy atom. The van der Waals surface area contributed by atoms with Crippen LogP contribution in [-0.2, 0) is 29.2 Å². The van der Waals surface area contributed by atoms with Gasteiger partial charge in [-0.15, -0.1) is 0 Å². The number of hydrogen-bond donors (Lipinski definition) is 1. The van der Waals surface area contributed by atoms with Crippen molar-refractivity contribution < 1.29 is 41.1 Å². The molecule has 2 heterocycles. The number of nitrogens with two attached hydrogens (primary N) is 1. The van der Waals surface area contributed by atoms with E-state index in [4.69, 9.17) is 27.0 Å². The Labute approximate surface area is 222 Å². The fourth-order valence-corrected chi connectivity index (χ4v) is 5.85. The van der Waals surface area contributed by atoms with Gasteiger partial charge in [0.25, 0.3) is 0 Å². The molecule has 1 atom stereocenters. The minimum atomic E-state index is -4.62.